The Hall–Kier alpha value is -3.88. The molecule has 1 aliphatic carbocycles. The van der Waals surface area contributed by atoms with E-state index in [0.29, 0.717) is 37.6 Å². The summed E-state index contributed by atoms with van der Waals surface area (Å²) in [5.74, 6) is 1.75. The third-order valence-electron chi connectivity index (χ3n) is 7.49. The van der Waals surface area contributed by atoms with E-state index in [0.717, 1.165) is 30.6 Å². The van der Waals surface area contributed by atoms with Gasteiger partial charge in [0.1, 0.15) is 11.9 Å². The van der Waals surface area contributed by atoms with Crippen LogP contribution < -0.4 is 4.74 Å². The van der Waals surface area contributed by atoms with E-state index in [4.69, 9.17) is 14.0 Å². The summed E-state index contributed by atoms with van der Waals surface area (Å²) in [5, 5.41) is 4.03. The zero-order chi connectivity index (χ0) is 24.6. The van der Waals surface area contributed by atoms with Crippen molar-refractivity contribution in [2.75, 3.05) is 20.2 Å². The minimum atomic E-state index is -0.228. The molecule has 2 fully saturated rings. The first kappa shape index (κ1) is 22.6. The van der Waals surface area contributed by atoms with Crippen LogP contribution in [-0.4, -0.2) is 64.3 Å². The third kappa shape index (κ3) is 4.08. The summed E-state index contributed by atoms with van der Waals surface area (Å²) in [5.41, 5.74) is 3.28. The van der Waals surface area contributed by atoms with E-state index in [1.807, 2.05) is 46.2 Å². The van der Waals surface area contributed by atoms with Gasteiger partial charge in [-0.25, -0.2) is 4.79 Å². The maximum absolute atomic E-state index is 12.9. The predicted molar refractivity (Wildman–Crippen MR) is 129 cm³/mol. The number of aryl methyl sites for hydroxylation is 1. The number of carbonyl (C=O) groups excluding carboxylic acids is 2. The Morgan fingerprint density at radius 3 is 2.67 bits per heavy atom. The molecule has 36 heavy (non-hydrogen) atoms. The lowest BCUT2D eigenvalue weighted by molar-refractivity contribution is -0.132. The summed E-state index contributed by atoms with van der Waals surface area (Å²) in [6.07, 6.45) is 2.62. The van der Waals surface area contributed by atoms with Gasteiger partial charge < -0.3 is 18.9 Å². The normalized spacial score (nSPS) is 21.3. The van der Waals surface area contributed by atoms with Crippen LogP contribution in [0.1, 0.15) is 42.3 Å². The van der Waals surface area contributed by atoms with Crippen molar-refractivity contribution in [3.05, 3.63) is 65.5 Å². The van der Waals surface area contributed by atoms with Gasteiger partial charge in [-0.15, -0.1) is 0 Å². The van der Waals surface area contributed by atoms with Gasteiger partial charge in [0, 0.05) is 44.0 Å². The third-order valence-corrected chi connectivity index (χ3v) is 7.49. The first-order valence-electron chi connectivity index (χ1n) is 12.4. The number of aromatic nitrogens is 2. The molecule has 3 aliphatic rings. The van der Waals surface area contributed by atoms with Crippen molar-refractivity contribution in [1.82, 2.24) is 19.9 Å². The SMILES string of the molecule is COc1ccc(-c2noc(CCC(=O)N3CCC(N4C(=O)OC5Cc6ccccc6C54)CC3)n2)cc1. The van der Waals surface area contributed by atoms with Crippen LogP contribution in [-0.2, 0) is 22.4 Å². The monoisotopic (exact) mass is 488 g/mol. The van der Waals surface area contributed by atoms with Crippen LogP contribution in [0.5, 0.6) is 5.75 Å². The highest BCUT2D eigenvalue weighted by Gasteiger charge is 2.50. The number of rotatable bonds is 6. The van der Waals surface area contributed by atoms with Crippen molar-refractivity contribution < 1.29 is 23.6 Å². The van der Waals surface area contributed by atoms with Crippen LogP contribution in [0.4, 0.5) is 4.79 Å². The van der Waals surface area contributed by atoms with E-state index in [9.17, 15) is 9.59 Å². The fourth-order valence-electron chi connectivity index (χ4n) is 5.63. The van der Waals surface area contributed by atoms with E-state index < -0.39 is 0 Å². The van der Waals surface area contributed by atoms with Crippen LogP contribution in [0.25, 0.3) is 11.4 Å². The molecule has 2 unspecified atom stereocenters. The van der Waals surface area contributed by atoms with Gasteiger partial charge in [-0.3, -0.25) is 9.69 Å². The molecule has 9 nitrogen and oxygen atoms in total. The molecule has 2 aromatic carbocycles. The Morgan fingerprint density at radius 1 is 1.11 bits per heavy atom. The first-order valence-corrected chi connectivity index (χ1v) is 12.4. The van der Waals surface area contributed by atoms with Gasteiger partial charge >= 0.3 is 6.09 Å². The average molecular weight is 489 g/mol. The van der Waals surface area contributed by atoms with Crippen LogP contribution in [0.3, 0.4) is 0 Å². The molecule has 3 aromatic rings. The minimum Gasteiger partial charge on any atom is -0.497 e. The fraction of sp³-hybridized carbons (Fsp3) is 0.407. The van der Waals surface area contributed by atoms with Gasteiger partial charge in [-0.1, -0.05) is 29.4 Å². The number of piperidine rings is 1. The average Bonchev–Trinajstić information content (AvgIpc) is 3.61. The van der Waals surface area contributed by atoms with Crippen molar-refractivity contribution in [3.8, 4) is 17.1 Å². The molecule has 3 heterocycles. The van der Waals surface area contributed by atoms with Crippen molar-refractivity contribution >= 4 is 12.0 Å². The standard InChI is InChI=1S/C27H28N4O5/c1-34-20-8-6-17(7-9-20)26-28-23(36-29-26)10-11-24(32)30-14-12-19(13-15-30)31-25-21-5-3-2-4-18(21)16-22(25)35-27(31)33/h2-9,19,22,25H,10-16H2,1H3. The van der Waals surface area contributed by atoms with E-state index in [2.05, 4.69) is 22.3 Å². The number of amides is 2. The van der Waals surface area contributed by atoms with E-state index >= 15 is 0 Å². The van der Waals surface area contributed by atoms with Gasteiger partial charge in [0.2, 0.25) is 17.6 Å². The van der Waals surface area contributed by atoms with Crippen molar-refractivity contribution in [2.24, 2.45) is 0 Å². The summed E-state index contributed by atoms with van der Waals surface area (Å²) >= 11 is 0. The second kappa shape index (κ2) is 9.29. The lowest BCUT2D eigenvalue weighted by Gasteiger charge is -2.38. The highest BCUT2D eigenvalue weighted by molar-refractivity contribution is 5.76. The number of ether oxygens (including phenoxy) is 2. The zero-order valence-corrected chi connectivity index (χ0v) is 20.1. The summed E-state index contributed by atoms with van der Waals surface area (Å²) < 4.78 is 16.2. The van der Waals surface area contributed by atoms with Crippen LogP contribution in [0.2, 0.25) is 0 Å². The highest BCUT2D eigenvalue weighted by Crippen LogP contribution is 2.44. The lowest BCUT2D eigenvalue weighted by atomic mass is 9.99. The Morgan fingerprint density at radius 2 is 1.89 bits per heavy atom. The molecular formula is C27H28N4O5. The van der Waals surface area contributed by atoms with E-state index in [-0.39, 0.29) is 30.2 Å². The van der Waals surface area contributed by atoms with Crippen LogP contribution >= 0.6 is 0 Å². The number of hydrogen-bond acceptors (Lipinski definition) is 7. The Kier molecular flexibility index (Phi) is 5.83. The fourth-order valence-corrected chi connectivity index (χ4v) is 5.63. The zero-order valence-electron chi connectivity index (χ0n) is 20.1. The molecule has 0 radical (unpaired) electrons. The van der Waals surface area contributed by atoms with Crippen molar-refractivity contribution in [1.29, 1.82) is 0 Å². The first-order chi connectivity index (χ1) is 17.6. The molecule has 0 saturated carbocycles. The molecule has 9 heteroatoms. The number of methoxy groups -OCH3 is 1. The number of nitrogens with zero attached hydrogens (tertiary/aromatic N) is 4. The van der Waals surface area contributed by atoms with Crippen molar-refractivity contribution in [3.63, 3.8) is 0 Å². The lowest BCUT2D eigenvalue weighted by Crippen LogP contribution is -2.47. The molecule has 1 aromatic heterocycles. The molecule has 6 rings (SSSR count). The smallest absolute Gasteiger partial charge is 0.411 e. The van der Waals surface area contributed by atoms with Gasteiger partial charge in [-0.2, -0.15) is 4.98 Å². The predicted octanol–water partition coefficient (Wildman–Crippen LogP) is 3.79. The Balaban J connectivity index is 1.03. The Bertz CT molecular complexity index is 1270. The van der Waals surface area contributed by atoms with Crippen molar-refractivity contribution in [2.45, 2.75) is 50.3 Å². The largest absolute Gasteiger partial charge is 0.497 e. The van der Waals surface area contributed by atoms with E-state index in [1.54, 1.807) is 7.11 Å². The molecule has 0 N–H and O–H groups in total. The molecule has 186 valence electrons. The van der Waals surface area contributed by atoms with Gasteiger partial charge in [-0.05, 0) is 48.2 Å². The topological polar surface area (TPSA) is 98.0 Å². The molecule has 2 amide bonds. The van der Waals surface area contributed by atoms with Crippen LogP contribution in [0.15, 0.2) is 53.1 Å². The molecular weight excluding hydrogens is 460 g/mol. The molecule has 0 bridgehead atoms. The number of likely N-dealkylation sites (tertiary alicyclic amines) is 1. The summed E-state index contributed by atoms with van der Waals surface area (Å²) in [4.78, 5) is 33.8. The van der Waals surface area contributed by atoms with E-state index in [1.165, 1.54) is 11.1 Å². The van der Waals surface area contributed by atoms with Gasteiger partial charge in [0.05, 0.1) is 13.2 Å². The Labute approximate surface area is 209 Å². The highest BCUT2D eigenvalue weighted by atomic mass is 16.6. The maximum Gasteiger partial charge on any atom is 0.411 e. The van der Waals surface area contributed by atoms with Gasteiger partial charge in [0.25, 0.3) is 0 Å². The number of carbonyl (C=O) groups is 2. The second-order valence-corrected chi connectivity index (χ2v) is 9.53. The van der Waals surface area contributed by atoms with Crippen LogP contribution in [0, 0.1) is 0 Å². The molecule has 0 spiro atoms. The van der Waals surface area contributed by atoms with Gasteiger partial charge in [0.15, 0.2) is 0 Å². The second-order valence-electron chi connectivity index (χ2n) is 9.53. The minimum absolute atomic E-state index is 0.0154. The molecule has 2 atom stereocenters. The number of hydrogen-bond donors (Lipinski definition) is 0. The number of benzene rings is 2. The summed E-state index contributed by atoms with van der Waals surface area (Å²) in [7, 11) is 1.62. The molecule has 2 aliphatic heterocycles. The quantitative estimate of drug-likeness (QED) is 0.521. The number of fused-ring (bicyclic) bond motifs is 3. The summed E-state index contributed by atoms with van der Waals surface area (Å²) in [6, 6.07) is 15.7. The maximum atomic E-state index is 12.9. The molecule has 2 saturated heterocycles. The summed E-state index contributed by atoms with van der Waals surface area (Å²) in [6.45, 7) is 1.24.